The average Bonchev–Trinajstić information content (AvgIpc) is 2.38. The first-order valence-corrected chi connectivity index (χ1v) is 6.51. The Morgan fingerprint density at radius 1 is 1.22 bits per heavy atom. The summed E-state index contributed by atoms with van der Waals surface area (Å²) in [7, 11) is 0. The summed E-state index contributed by atoms with van der Waals surface area (Å²) in [5.74, 6) is -0.175. The minimum absolute atomic E-state index is 0.194. The Labute approximate surface area is 107 Å². The van der Waals surface area contributed by atoms with Crippen LogP contribution < -0.4 is 11.1 Å². The van der Waals surface area contributed by atoms with Gasteiger partial charge < -0.3 is 10.8 Å². The van der Waals surface area contributed by atoms with Crippen LogP contribution in [0, 0.1) is 0 Å². The second-order valence-corrected chi connectivity index (χ2v) is 4.93. The zero-order valence-electron chi connectivity index (χ0n) is 10.4. The summed E-state index contributed by atoms with van der Waals surface area (Å²) in [5.41, 5.74) is 6.27. The number of primary amides is 1. The molecule has 18 heavy (non-hydrogen) atoms. The van der Waals surface area contributed by atoms with Gasteiger partial charge in [-0.1, -0.05) is 31.4 Å². The topological polar surface area (TPSA) is 75.4 Å². The van der Waals surface area contributed by atoms with E-state index in [1.165, 1.54) is 19.3 Å². The molecular formula is C14H20N2O2. The highest BCUT2D eigenvalue weighted by atomic mass is 16.3. The molecule has 0 radical (unpaired) electrons. The molecule has 1 unspecified atom stereocenters. The van der Waals surface area contributed by atoms with Crippen LogP contribution in [0.25, 0.3) is 0 Å². The van der Waals surface area contributed by atoms with Crippen molar-refractivity contribution in [2.45, 2.75) is 44.2 Å². The predicted molar refractivity (Wildman–Crippen MR) is 70.1 cm³/mol. The minimum Gasteiger partial charge on any atom is -0.508 e. The lowest BCUT2D eigenvalue weighted by atomic mass is 9.94. The number of carbonyl (C=O) groups is 1. The third-order valence-corrected chi connectivity index (χ3v) is 3.52. The molecule has 0 bridgehead atoms. The Balaban J connectivity index is 2.07. The molecule has 4 nitrogen and oxygen atoms in total. The summed E-state index contributed by atoms with van der Waals surface area (Å²) >= 11 is 0. The van der Waals surface area contributed by atoms with Crippen LogP contribution in [0.15, 0.2) is 24.3 Å². The third kappa shape index (κ3) is 3.23. The van der Waals surface area contributed by atoms with E-state index in [2.05, 4.69) is 5.32 Å². The monoisotopic (exact) mass is 248 g/mol. The molecule has 1 fully saturated rings. The van der Waals surface area contributed by atoms with Gasteiger partial charge in [-0.3, -0.25) is 10.1 Å². The van der Waals surface area contributed by atoms with E-state index < -0.39 is 6.04 Å². The number of aromatic hydroxyl groups is 1. The standard InChI is InChI=1S/C14H20N2O2/c15-14(18)13(10-6-8-12(17)9-7-10)16-11-4-2-1-3-5-11/h6-9,11,13,16-17H,1-5H2,(H2,15,18). The van der Waals surface area contributed by atoms with Gasteiger partial charge >= 0.3 is 0 Å². The van der Waals surface area contributed by atoms with Gasteiger partial charge in [-0.25, -0.2) is 0 Å². The zero-order valence-corrected chi connectivity index (χ0v) is 10.4. The maximum Gasteiger partial charge on any atom is 0.239 e. The lowest BCUT2D eigenvalue weighted by molar-refractivity contribution is -0.120. The summed E-state index contributed by atoms with van der Waals surface area (Å²) in [6, 6.07) is 6.53. The molecule has 1 atom stereocenters. The summed E-state index contributed by atoms with van der Waals surface area (Å²) in [6.45, 7) is 0. The SMILES string of the molecule is NC(=O)C(NC1CCCCC1)c1ccc(O)cc1. The van der Waals surface area contributed by atoms with Gasteiger partial charge in [0.25, 0.3) is 0 Å². The van der Waals surface area contributed by atoms with Crippen LogP contribution in [0.3, 0.4) is 0 Å². The molecule has 1 aromatic carbocycles. The molecule has 0 heterocycles. The van der Waals surface area contributed by atoms with Gasteiger partial charge in [0.1, 0.15) is 11.8 Å². The van der Waals surface area contributed by atoms with Crippen molar-refractivity contribution >= 4 is 5.91 Å². The van der Waals surface area contributed by atoms with Crippen molar-refractivity contribution < 1.29 is 9.90 Å². The van der Waals surface area contributed by atoms with Gasteiger partial charge in [0.15, 0.2) is 0 Å². The fraction of sp³-hybridized carbons (Fsp3) is 0.500. The number of hydrogen-bond acceptors (Lipinski definition) is 3. The fourth-order valence-corrected chi connectivity index (χ4v) is 2.51. The van der Waals surface area contributed by atoms with Gasteiger partial charge in [0.05, 0.1) is 0 Å². The van der Waals surface area contributed by atoms with Crippen LogP contribution in [0.4, 0.5) is 0 Å². The maximum atomic E-state index is 11.6. The van der Waals surface area contributed by atoms with Gasteiger partial charge in [-0.05, 0) is 30.5 Å². The van der Waals surface area contributed by atoms with E-state index >= 15 is 0 Å². The molecule has 4 heteroatoms. The molecule has 1 aliphatic carbocycles. The highest BCUT2D eigenvalue weighted by molar-refractivity contribution is 5.81. The Morgan fingerprint density at radius 2 is 1.83 bits per heavy atom. The number of phenolic OH excluding ortho intramolecular Hbond substituents is 1. The number of rotatable bonds is 4. The fourth-order valence-electron chi connectivity index (χ4n) is 2.51. The third-order valence-electron chi connectivity index (χ3n) is 3.52. The number of amides is 1. The first kappa shape index (κ1) is 12.9. The molecule has 1 amide bonds. The summed E-state index contributed by atoms with van der Waals surface area (Å²) in [4.78, 5) is 11.6. The summed E-state index contributed by atoms with van der Waals surface area (Å²) in [6.07, 6.45) is 5.89. The normalized spacial score (nSPS) is 18.4. The predicted octanol–water partition coefficient (Wildman–Crippen LogP) is 1.84. The highest BCUT2D eigenvalue weighted by Gasteiger charge is 2.22. The Hall–Kier alpha value is -1.55. The van der Waals surface area contributed by atoms with Crippen LogP contribution in [0.1, 0.15) is 43.7 Å². The lowest BCUT2D eigenvalue weighted by Crippen LogP contribution is -2.40. The Kier molecular flexibility index (Phi) is 4.20. The van der Waals surface area contributed by atoms with Crippen LogP contribution in [0.5, 0.6) is 5.75 Å². The molecule has 0 spiro atoms. The minimum atomic E-state index is -0.464. The lowest BCUT2D eigenvalue weighted by Gasteiger charge is -2.27. The van der Waals surface area contributed by atoms with Crippen LogP contribution in [-0.4, -0.2) is 17.1 Å². The van der Waals surface area contributed by atoms with E-state index in [-0.39, 0.29) is 11.7 Å². The molecular weight excluding hydrogens is 228 g/mol. The number of nitrogens with one attached hydrogen (secondary N) is 1. The first-order valence-electron chi connectivity index (χ1n) is 6.51. The Bertz CT molecular complexity index is 397. The second kappa shape index (κ2) is 5.87. The van der Waals surface area contributed by atoms with Crippen LogP contribution in [-0.2, 0) is 4.79 Å². The zero-order chi connectivity index (χ0) is 13.0. The highest BCUT2D eigenvalue weighted by Crippen LogP contribution is 2.22. The van der Waals surface area contributed by atoms with Crippen molar-refractivity contribution in [3.63, 3.8) is 0 Å². The number of phenols is 1. The van der Waals surface area contributed by atoms with Crippen LogP contribution >= 0.6 is 0 Å². The summed E-state index contributed by atoms with van der Waals surface area (Å²) in [5, 5.41) is 12.6. The molecule has 0 aliphatic heterocycles. The molecule has 98 valence electrons. The molecule has 1 aromatic rings. The van der Waals surface area contributed by atoms with Gasteiger partial charge in [-0.15, -0.1) is 0 Å². The van der Waals surface area contributed by atoms with Crippen molar-refractivity contribution in [2.24, 2.45) is 5.73 Å². The smallest absolute Gasteiger partial charge is 0.239 e. The van der Waals surface area contributed by atoms with E-state index in [4.69, 9.17) is 5.73 Å². The molecule has 1 saturated carbocycles. The van der Waals surface area contributed by atoms with Crippen molar-refractivity contribution in [3.8, 4) is 5.75 Å². The molecule has 0 saturated heterocycles. The Morgan fingerprint density at radius 3 is 2.39 bits per heavy atom. The average molecular weight is 248 g/mol. The molecule has 1 aliphatic rings. The summed E-state index contributed by atoms with van der Waals surface area (Å²) < 4.78 is 0. The second-order valence-electron chi connectivity index (χ2n) is 4.93. The van der Waals surface area contributed by atoms with E-state index in [0.717, 1.165) is 18.4 Å². The van der Waals surface area contributed by atoms with Crippen LogP contribution in [0.2, 0.25) is 0 Å². The van der Waals surface area contributed by atoms with E-state index in [9.17, 15) is 9.90 Å². The largest absolute Gasteiger partial charge is 0.508 e. The molecule has 2 rings (SSSR count). The van der Waals surface area contributed by atoms with E-state index in [1.807, 2.05) is 0 Å². The van der Waals surface area contributed by atoms with Gasteiger partial charge in [-0.2, -0.15) is 0 Å². The van der Waals surface area contributed by atoms with Crippen molar-refractivity contribution in [1.82, 2.24) is 5.32 Å². The number of nitrogens with two attached hydrogens (primary N) is 1. The van der Waals surface area contributed by atoms with Crippen molar-refractivity contribution in [2.75, 3.05) is 0 Å². The number of benzene rings is 1. The quantitative estimate of drug-likeness (QED) is 0.761. The molecule has 4 N–H and O–H groups in total. The van der Waals surface area contributed by atoms with E-state index in [0.29, 0.717) is 6.04 Å². The first-order chi connectivity index (χ1) is 8.66. The van der Waals surface area contributed by atoms with Crippen molar-refractivity contribution in [1.29, 1.82) is 0 Å². The van der Waals surface area contributed by atoms with Crippen molar-refractivity contribution in [3.05, 3.63) is 29.8 Å². The van der Waals surface area contributed by atoms with E-state index in [1.54, 1.807) is 24.3 Å². The maximum absolute atomic E-state index is 11.6. The molecule has 0 aromatic heterocycles. The number of carbonyl (C=O) groups excluding carboxylic acids is 1. The van der Waals surface area contributed by atoms with Gasteiger partial charge in [0, 0.05) is 6.04 Å². The number of hydrogen-bond donors (Lipinski definition) is 3. The van der Waals surface area contributed by atoms with Gasteiger partial charge in [0.2, 0.25) is 5.91 Å².